The van der Waals surface area contributed by atoms with Gasteiger partial charge in [0.25, 0.3) is 5.56 Å². The van der Waals surface area contributed by atoms with Gasteiger partial charge in [0.05, 0.1) is 6.33 Å². The third kappa shape index (κ3) is 2.47. The van der Waals surface area contributed by atoms with Crippen LogP contribution in [-0.4, -0.2) is 34.1 Å². The Kier molecular flexibility index (Phi) is 3.55. The van der Waals surface area contributed by atoms with Crippen molar-refractivity contribution in [3.8, 4) is 0 Å². The van der Waals surface area contributed by atoms with Crippen LogP contribution in [0.25, 0.3) is 0 Å². The molecule has 1 N–H and O–H groups in total. The number of thioether (sulfide) groups is 1. The van der Waals surface area contributed by atoms with Gasteiger partial charge < -0.3 is 9.88 Å². The molecule has 6 heteroatoms. The number of H-pyrrole nitrogens is 1. The van der Waals surface area contributed by atoms with Gasteiger partial charge in [-0.25, -0.2) is 4.98 Å². The second kappa shape index (κ2) is 4.73. The van der Waals surface area contributed by atoms with E-state index in [9.17, 15) is 4.79 Å². The molecule has 1 fully saturated rings. The number of aromatic amines is 1. The quantitative estimate of drug-likeness (QED) is 0.786. The van der Waals surface area contributed by atoms with Crippen LogP contribution in [0.5, 0.6) is 0 Å². The molecule has 0 aromatic carbocycles. The summed E-state index contributed by atoms with van der Waals surface area (Å²) in [4.78, 5) is 20.5. The van der Waals surface area contributed by atoms with Crippen molar-refractivity contribution in [3.63, 3.8) is 0 Å². The molecule has 0 aliphatic carbocycles. The molecule has 1 atom stereocenters. The highest BCUT2D eigenvalue weighted by atomic mass is 127. The Hall–Kier alpha value is -0.240. The lowest BCUT2D eigenvalue weighted by Gasteiger charge is -2.31. The molecular formula is C9H12IN3OS. The molecule has 15 heavy (non-hydrogen) atoms. The SMILES string of the molecule is CC1CN(c2nc[nH]c(=O)c2I)CCS1. The highest BCUT2D eigenvalue weighted by Crippen LogP contribution is 2.23. The number of hydrogen-bond acceptors (Lipinski definition) is 4. The monoisotopic (exact) mass is 337 g/mol. The lowest BCUT2D eigenvalue weighted by Crippen LogP contribution is -2.38. The van der Waals surface area contributed by atoms with Crippen molar-refractivity contribution < 1.29 is 0 Å². The topological polar surface area (TPSA) is 49.0 Å². The normalized spacial score (nSPS) is 21.7. The minimum absolute atomic E-state index is 0.0496. The first-order valence-electron chi connectivity index (χ1n) is 4.78. The lowest BCUT2D eigenvalue weighted by molar-refractivity contribution is 0.763. The standard InChI is InChI=1S/C9H12IN3OS/c1-6-4-13(2-3-15-6)8-7(10)9(14)12-5-11-8/h5-6H,2-4H2,1H3,(H,11,12,14). The molecule has 1 unspecified atom stereocenters. The van der Waals surface area contributed by atoms with Gasteiger partial charge in [0.15, 0.2) is 0 Å². The predicted molar refractivity (Wildman–Crippen MR) is 71.7 cm³/mol. The maximum Gasteiger partial charge on any atom is 0.266 e. The molecule has 0 bridgehead atoms. The second-order valence-electron chi connectivity index (χ2n) is 3.50. The average molecular weight is 337 g/mol. The first-order chi connectivity index (χ1) is 7.18. The minimum atomic E-state index is -0.0496. The zero-order valence-electron chi connectivity index (χ0n) is 8.36. The summed E-state index contributed by atoms with van der Waals surface area (Å²) in [6.07, 6.45) is 1.48. The fourth-order valence-corrected chi connectivity index (χ4v) is 3.25. The van der Waals surface area contributed by atoms with Crippen molar-refractivity contribution in [1.29, 1.82) is 0 Å². The molecule has 2 heterocycles. The smallest absolute Gasteiger partial charge is 0.266 e. The molecular weight excluding hydrogens is 325 g/mol. The summed E-state index contributed by atoms with van der Waals surface area (Å²) in [7, 11) is 0. The molecule has 1 saturated heterocycles. The summed E-state index contributed by atoms with van der Waals surface area (Å²) < 4.78 is 0.689. The van der Waals surface area contributed by atoms with Crippen molar-refractivity contribution >= 4 is 40.2 Å². The van der Waals surface area contributed by atoms with Crippen molar-refractivity contribution in [2.24, 2.45) is 0 Å². The maximum absolute atomic E-state index is 11.4. The summed E-state index contributed by atoms with van der Waals surface area (Å²) in [5, 5.41) is 0.607. The van der Waals surface area contributed by atoms with E-state index in [1.54, 1.807) is 0 Å². The third-order valence-corrected chi connectivity index (χ3v) is 4.43. The summed E-state index contributed by atoms with van der Waals surface area (Å²) >= 11 is 4.03. The van der Waals surface area contributed by atoms with Crippen molar-refractivity contribution in [2.75, 3.05) is 23.7 Å². The molecule has 1 aliphatic heterocycles. The van der Waals surface area contributed by atoms with Crippen LogP contribution < -0.4 is 10.5 Å². The molecule has 0 saturated carbocycles. The molecule has 1 aromatic heterocycles. The molecule has 82 valence electrons. The number of hydrogen-bond donors (Lipinski definition) is 1. The fourth-order valence-electron chi connectivity index (χ4n) is 1.60. The van der Waals surface area contributed by atoms with E-state index >= 15 is 0 Å². The Bertz CT molecular complexity index is 409. The Labute approximate surface area is 106 Å². The van der Waals surface area contributed by atoms with E-state index < -0.39 is 0 Å². The van der Waals surface area contributed by atoms with Gasteiger partial charge in [-0.2, -0.15) is 11.8 Å². The van der Waals surface area contributed by atoms with Gasteiger partial charge in [0.1, 0.15) is 9.39 Å². The van der Waals surface area contributed by atoms with E-state index in [0.29, 0.717) is 8.82 Å². The Morgan fingerprint density at radius 2 is 2.53 bits per heavy atom. The Balaban J connectivity index is 2.28. The van der Waals surface area contributed by atoms with E-state index in [-0.39, 0.29) is 5.56 Å². The maximum atomic E-state index is 11.4. The van der Waals surface area contributed by atoms with E-state index in [1.165, 1.54) is 6.33 Å². The molecule has 0 spiro atoms. The van der Waals surface area contributed by atoms with Crippen LogP contribution in [0, 0.1) is 3.57 Å². The van der Waals surface area contributed by atoms with E-state index in [4.69, 9.17) is 0 Å². The second-order valence-corrected chi connectivity index (χ2v) is 6.12. The number of rotatable bonds is 1. The average Bonchev–Trinajstić information content (AvgIpc) is 2.22. The molecule has 0 radical (unpaired) electrons. The zero-order chi connectivity index (χ0) is 10.8. The van der Waals surface area contributed by atoms with Gasteiger partial charge in [0.2, 0.25) is 0 Å². The number of halogens is 1. The van der Waals surface area contributed by atoms with Crippen molar-refractivity contribution in [2.45, 2.75) is 12.2 Å². The predicted octanol–water partition coefficient (Wildman–Crippen LogP) is 1.32. The largest absolute Gasteiger partial charge is 0.354 e. The van der Waals surface area contributed by atoms with E-state index in [0.717, 1.165) is 24.7 Å². The lowest BCUT2D eigenvalue weighted by atomic mass is 10.3. The van der Waals surface area contributed by atoms with Crippen molar-refractivity contribution in [1.82, 2.24) is 9.97 Å². The van der Waals surface area contributed by atoms with Crippen molar-refractivity contribution in [3.05, 3.63) is 20.3 Å². The summed E-state index contributed by atoms with van der Waals surface area (Å²) in [6.45, 7) is 4.15. The Morgan fingerprint density at radius 3 is 3.27 bits per heavy atom. The number of anilines is 1. The van der Waals surface area contributed by atoms with E-state index in [2.05, 4.69) is 44.4 Å². The number of nitrogens with one attached hydrogen (secondary N) is 1. The highest BCUT2D eigenvalue weighted by molar-refractivity contribution is 14.1. The fraction of sp³-hybridized carbons (Fsp3) is 0.556. The van der Waals surface area contributed by atoms with Gasteiger partial charge in [-0.3, -0.25) is 4.79 Å². The Morgan fingerprint density at radius 1 is 1.73 bits per heavy atom. The van der Waals surface area contributed by atoms with Crippen LogP contribution in [0.4, 0.5) is 5.82 Å². The van der Waals surface area contributed by atoms with Crippen LogP contribution >= 0.6 is 34.4 Å². The van der Waals surface area contributed by atoms with Gasteiger partial charge in [0, 0.05) is 24.1 Å². The molecule has 0 amide bonds. The molecule has 1 aromatic rings. The van der Waals surface area contributed by atoms with Gasteiger partial charge in [-0.1, -0.05) is 6.92 Å². The number of aromatic nitrogens is 2. The summed E-state index contributed by atoms with van der Waals surface area (Å²) in [5.74, 6) is 1.93. The highest BCUT2D eigenvalue weighted by Gasteiger charge is 2.20. The van der Waals surface area contributed by atoms with E-state index in [1.807, 2.05) is 11.8 Å². The van der Waals surface area contributed by atoms with Crippen LogP contribution in [0.15, 0.2) is 11.1 Å². The first kappa shape index (κ1) is 11.3. The number of nitrogens with zero attached hydrogens (tertiary/aromatic N) is 2. The van der Waals surface area contributed by atoms with Gasteiger partial charge in [-0.15, -0.1) is 0 Å². The minimum Gasteiger partial charge on any atom is -0.354 e. The van der Waals surface area contributed by atoms with Gasteiger partial charge >= 0.3 is 0 Å². The third-order valence-electron chi connectivity index (χ3n) is 2.32. The molecule has 1 aliphatic rings. The van der Waals surface area contributed by atoms with Gasteiger partial charge in [-0.05, 0) is 22.6 Å². The summed E-state index contributed by atoms with van der Waals surface area (Å²) in [6, 6.07) is 0. The van der Waals surface area contributed by atoms with Crippen LogP contribution in [0.3, 0.4) is 0 Å². The summed E-state index contributed by atoms with van der Waals surface area (Å²) in [5.41, 5.74) is -0.0496. The van der Waals surface area contributed by atoms with Crippen LogP contribution in [0.1, 0.15) is 6.92 Å². The zero-order valence-corrected chi connectivity index (χ0v) is 11.3. The first-order valence-corrected chi connectivity index (χ1v) is 6.91. The molecule has 2 rings (SSSR count). The van der Waals surface area contributed by atoms with Crippen LogP contribution in [-0.2, 0) is 0 Å². The molecule has 4 nitrogen and oxygen atoms in total. The van der Waals surface area contributed by atoms with Crippen LogP contribution in [0.2, 0.25) is 0 Å².